The number of unbranched alkanes of at least 4 members (excludes halogenated alkanes) is 1. The summed E-state index contributed by atoms with van der Waals surface area (Å²) < 4.78 is 10.9. The summed E-state index contributed by atoms with van der Waals surface area (Å²) >= 11 is 0. The van der Waals surface area contributed by atoms with E-state index in [1.165, 1.54) is 12.8 Å². The predicted molar refractivity (Wildman–Crippen MR) is 72.5 cm³/mol. The zero-order valence-electron chi connectivity index (χ0n) is 12.0. The van der Waals surface area contributed by atoms with Gasteiger partial charge in [-0.1, -0.05) is 26.7 Å². The Morgan fingerprint density at radius 1 is 1.39 bits per heavy atom. The molecule has 1 heterocycles. The Morgan fingerprint density at radius 2 is 2.22 bits per heavy atom. The van der Waals surface area contributed by atoms with Crippen molar-refractivity contribution in [1.82, 2.24) is 0 Å². The molecule has 0 spiro atoms. The van der Waals surface area contributed by atoms with Gasteiger partial charge in [-0.05, 0) is 38.5 Å². The highest BCUT2D eigenvalue weighted by molar-refractivity contribution is 5.72. The van der Waals surface area contributed by atoms with Crippen LogP contribution >= 0.6 is 0 Å². The van der Waals surface area contributed by atoms with E-state index < -0.39 is 0 Å². The lowest BCUT2D eigenvalue weighted by atomic mass is 10.00. The Bertz CT molecular complexity index is 222. The van der Waals surface area contributed by atoms with E-state index in [0.717, 1.165) is 45.1 Å². The summed E-state index contributed by atoms with van der Waals surface area (Å²) in [4.78, 5) is 11.8. The van der Waals surface area contributed by atoms with Crippen LogP contribution in [0, 0.1) is 5.92 Å². The van der Waals surface area contributed by atoms with Crippen molar-refractivity contribution in [2.45, 2.75) is 71.3 Å². The van der Waals surface area contributed by atoms with Crippen molar-refractivity contribution in [3.63, 3.8) is 0 Å². The normalized spacial score (nSPS) is 20.9. The fourth-order valence-electron chi connectivity index (χ4n) is 2.41. The number of carbonyl (C=O) groups is 1. The highest BCUT2D eigenvalue weighted by Gasteiger charge is 2.18. The Morgan fingerprint density at radius 3 is 2.83 bits per heavy atom. The molecule has 1 aliphatic heterocycles. The van der Waals surface area contributed by atoms with Gasteiger partial charge in [-0.2, -0.15) is 0 Å². The molecule has 18 heavy (non-hydrogen) atoms. The molecule has 0 aliphatic carbocycles. The van der Waals surface area contributed by atoms with E-state index in [1.807, 2.05) is 0 Å². The Kier molecular flexibility index (Phi) is 8.06. The summed E-state index contributed by atoms with van der Waals surface area (Å²) in [6, 6.07) is 0. The van der Waals surface area contributed by atoms with Crippen LogP contribution in [-0.4, -0.2) is 25.3 Å². The lowest BCUT2D eigenvalue weighted by molar-refractivity contribution is -0.149. The van der Waals surface area contributed by atoms with Gasteiger partial charge in [0.05, 0.1) is 18.6 Å². The quantitative estimate of drug-likeness (QED) is 0.466. The van der Waals surface area contributed by atoms with Crippen molar-refractivity contribution in [1.29, 1.82) is 0 Å². The lowest BCUT2D eigenvalue weighted by Gasteiger charge is -2.14. The van der Waals surface area contributed by atoms with Crippen LogP contribution in [0.5, 0.6) is 0 Å². The van der Waals surface area contributed by atoms with Gasteiger partial charge in [0, 0.05) is 6.61 Å². The van der Waals surface area contributed by atoms with Gasteiger partial charge in [0.1, 0.15) is 0 Å². The summed E-state index contributed by atoms with van der Waals surface area (Å²) in [5.74, 6) is 0.103. The lowest BCUT2D eigenvalue weighted by Crippen LogP contribution is -2.18. The molecule has 0 saturated carbocycles. The molecule has 0 aromatic carbocycles. The molecule has 3 nitrogen and oxygen atoms in total. The van der Waals surface area contributed by atoms with Gasteiger partial charge in [-0.3, -0.25) is 4.79 Å². The van der Waals surface area contributed by atoms with E-state index in [4.69, 9.17) is 9.47 Å². The topological polar surface area (TPSA) is 35.5 Å². The minimum absolute atomic E-state index is 0.00158. The first-order chi connectivity index (χ1) is 8.77. The molecule has 0 aromatic heterocycles. The van der Waals surface area contributed by atoms with Crippen molar-refractivity contribution in [3.8, 4) is 0 Å². The highest BCUT2D eigenvalue weighted by Crippen LogP contribution is 2.18. The van der Waals surface area contributed by atoms with Crippen LogP contribution in [-0.2, 0) is 14.3 Å². The van der Waals surface area contributed by atoms with Crippen LogP contribution < -0.4 is 0 Å². The van der Waals surface area contributed by atoms with E-state index >= 15 is 0 Å². The van der Waals surface area contributed by atoms with Crippen molar-refractivity contribution in [3.05, 3.63) is 0 Å². The maximum absolute atomic E-state index is 11.8. The third-order valence-electron chi connectivity index (χ3n) is 3.67. The van der Waals surface area contributed by atoms with Gasteiger partial charge < -0.3 is 9.47 Å². The van der Waals surface area contributed by atoms with Gasteiger partial charge in [-0.25, -0.2) is 0 Å². The molecule has 2 atom stereocenters. The smallest absolute Gasteiger partial charge is 0.308 e. The average Bonchev–Trinajstić information content (AvgIpc) is 2.88. The van der Waals surface area contributed by atoms with Gasteiger partial charge >= 0.3 is 5.97 Å². The largest absolute Gasteiger partial charge is 0.465 e. The summed E-state index contributed by atoms with van der Waals surface area (Å²) in [6.45, 7) is 5.67. The zero-order valence-corrected chi connectivity index (χ0v) is 12.0. The van der Waals surface area contributed by atoms with Crippen molar-refractivity contribution < 1.29 is 14.3 Å². The maximum atomic E-state index is 11.8. The monoisotopic (exact) mass is 256 g/mol. The maximum Gasteiger partial charge on any atom is 0.308 e. The zero-order chi connectivity index (χ0) is 13.2. The molecule has 0 unspecified atom stereocenters. The Balaban J connectivity index is 2.06. The van der Waals surface area contributed by atoms with Crippen LogP contribution in [0.2, 0.25) is 0 Å². The molecule has 1 aliphatic rings. The van der Waals surface area contributed by atoms with E-state index in [0.29, 0.717) is 12.7 Å². The van der Waals surface area contributed by atoms with Crippen molar-refractivity contribution in [2.75, 3.05) is 13.2 Å². The fraction of sp³-hybridized carbons (Fsp3) is 0.933. The SMILES string of the molecule is CCCC[C@@H](CC)C(=O)OCCC[C@@H]1CCCO1. The Hall–Kier alpha value is -0.570. The third kappa shape index (κ3) is 5.85. The van der Waals surface area contributed by atoms with E-state index in [9.17, 15) is 4.79 Å². The first-order valence-electron chi connectivity index (χ1n) is 7.56. The third-order valence-corrected chi connectivity index (χ3v) is 3.67. The van der Waals surface area contributed by atoms with Crippen LogP contribution in [0.15, 0.2) is 0 Å². The molecule has 0 radical (unpaired) electrons. The van der Waals surface area contributed by atoms with Gasteiger partial charge in [0.25, 0.3) is 0 Å². The number of hydrogen-bond donors (Lipinski definition) is 0. The minimum atomic E-state index is -0.00158. The second-order valence-electron chi connectivity index (χ2n) is 5.19. The summed E-state index contributed by atoms with van der Waals surface area (Å²) in [7, 11) is 0. The molecule has 0 aromatic rings. The first kappa shape index (κ1) is 15.5. The number of esters is 1. The standard InChI is InChI=1S/C15H28O3/c1-3-5-8-13(4-2)15(16)18-12-7-10-14-9-6-11-17-14/h13-14H,3-12H2,1-2H3/t13-,14+/m1/s1. The van der Waals surface area contributed by atoms with Crippen LogP contribution in [0.25, 0.3) is 0 Å². The summed E-state index contributed by atoms with van der Waals surface area (Å²) in [5.41, 5.74) is 0. The Labute approximate surface area is 111 Å². The van der Waals surface area contributed by atoms with E-state index in [-0.39, 0.29) is 11.9 Å². The van der Waals surface area contributed by atoms with Crippen molar-refractivity contribution in [2.24, 2.45) is 5.92 Å². The van der Waals surface area contributed by atoms with Gasteiger partial charge in [-0.15, -0.1) is 0 Å². The molecular formula is C15H28O3. The molecule has 0 amide bonds. The second kappa shape index (κ2) is 9.37. The first-order valence-corrected chi connectivity index (χ1v) is 7.56. The van der Waals surface area contributed by atoms with Gasteiger partial charge in [0.15, 0.2) is 0 Å². The van der Waals surface area contributed by atoms with Gasteiger partial charge in [0.2, 0.25) is 0 Å². The molecule has 1 rings (SSSR count). The second-order valence-corrected chi connectivity index (χ2v) is 5.19. The molecule has 0 N–H and O–H groups in total. The van der Waals surface area contributed by atoms with E-state index in [1.54, 1.807) is 0 Å². The molecule has 1 saturated heterocycles. The highest BCUT2D eigenvalue weighted by atomic mass is 16.5. The number of hydrogen-bond acceptors (Lipinski definition) is 3. The van der Waals surface area contributed by atoms with Crippen LogP contribution in [0.4, 0.5) is 0 Å². The number of carbonyl (C=O) groups excluding carboxylic acids is 1. The van der Waals surface area contributed by atoms with E-state index in [2.05, 4.69) is 13.8 Å². The molecule has 106 valence electrons. The molecule has 3 heteroatoms. The minimum Gasteiger partial charge on any atom is -0.465 e. The van der Waals surface area contributed by atoms with Crippen LogP contribution in [0.1, 0.15) is 65.2 Å². The molecule has 1 fully saturated rings. The predicted octanol–water partition coefficient (Wildman–Crippen LogP) is 3.71. The number of rotatable bonds is 9. The average molecular weight is 256 g/mol. The molecule has 0 bridgehead atoms. The summed E-state index contributed by atoms with van der Waals surface area (Å²) in [5, 5.41) is 0. The molecular weight excluding hydrogens is 228 g/mol. The van der Waals surface area contributed by atoms with Crippen LogP contribution in [0.3, 0.4) is 0 Å². The fourth-order valence-corrected chi connectivity index (χ4v) is 2.41. The van der Waals surface area contributed by atoms with Crippen molar-refractivity contribution >= 4 is 5.97 Å². The summed E-state index contributed by atoms with van der Waals surface area (Å²) in [6.07, 6.45) is 8.83. The number of ether oxygens (including phenoxy) is 2.